The SMILES string of the molecule is O=S(=O)(c1ccc2c(c1)OCCO2)N1CCN(Cc2ncc(-c3ccccc3)o2)CC1. The molecule has 0 radical (unpaired) electrons. The van der Waals surface area contributed by atoms with Crippen LogP contribution in [0.3, 0.4) is 0 Å². The minimum atomic E-state index is -3.59. The second-order valence-corrected chi connectivity index (χ2v) is 9.41. The van der Waals surface area contributed by atoms with Crippen LogP contribution in [0.2, 0.25) is 0 Å². The summed E-state index contributed by atoms with van der Waals surface area (Å²) >= 11 is 0. The zero-order chi connectivity index (χ0) is 21.3. The second kappa shape index (κ2) is 8.33. The van der Waals surface area contributed by atoms with E-state index in [4.69, 9.17) is 13.9 Å². The van der Waals surface area contributed by atoms with Crippen LogP contribution in [0.5, 0.6) is 11.5 Å². The molecule has 1 saturated heterocycles. The predicted octanol–water partition coefficient (Wildman–Crippen LogP) is 2.62. The average molecular weight is 442 g/mol. The van der Waals surface area contributed by atoms with E-state index in [1.807, 2.05) is 30.3 Å². The maximum atomic E-state index is 13.1. The van der Waals surface area contributed by atoms with Crippen molar-refractivity contribution in [1.82, 2.24) is 14.2 Å². The van der Waals surface area contributed by atoms with Gasteiger partial charge in [-0.25, -0.2) is 13.4 Å². The monoisotopic (exact) mass is 441 g/mol. The number of oxazole rings is 1. The molecule has 3 heterocycles. The summed E-state index contributed by atoms with van der Waals surface area (Å²) in [4.78, 5) is 6.75. The lowest BCUT2D eigenvalue weighted by molar-refractivity contribution is 0.167. The summed E-state index contributed by atoms with van der Waals surface area (Å²) in [6, 6.07) is 14.6. The standard InChI is InChI=1S/C22H23N3O5S/c26-31(27,18-6-7-19-20(14-18)29-13-12-28-19)25-10-8-24(9-11-25)16-22-23-15-21(30-22)17-4-2-1-3-5-17/h1-7,14-15H,8-13,16H2. The quantitative estimate of drug-likeness (QED) is 0.602. The molecule has 3 aromatic rings. The van der Waals surface area contributed by atoms with Crippen molar-refractivity contribution < 1.29 is 22.3 Å². The van der Waals surface area contributed by atoms with E-state index in [-0.39, 0.29) is 4.90 Å². The molecule has 0 aliphatic carbocycles. The zero-order valence-corrected chi connectivity index (χ0v) is 17.8. The van der Waals surface area contributed by atoms with E-state index in [0.29, 0.717) is 63.3 Å². The normalized spacial score (nSPS) is 17.5. The third-order valence-electron chi connectivity index (χ3n) is 5.45. The van der Waals surface area contributed by atoms with Gasteiger partial charge in [0.1, 0.15) is 13.2 Å². The number of hydrogen-bond donors (Lipinski definition) is 0. The zero-order valence-electron chi connectivity index (χ0n) is 16.9. The molecule has 0 atom stereocenters. The number of benzene rings is 2. The molecule has 0 saturated carbocycles. The molecule has 162 valence electrons. The number of aromatic nitrogens is 1. The predicted molar refractivity (Wildman–Crippen MR) is 113 cm³/mol. The summed E-state index contributed by atoms with van der Waals surface area (Å²) in [5, 5.41) is 0. The van der Waals surface area contributed by atoms with E-state index in [1.165, 1.54) is 4.31 Å². The van der Waals surface area contributed by atoms with E-state index >= 15 is 0 Å². The van der Waals surface area contributed by atoms with E-state index in [9.17, 15) is 8.42 Å². The van der Waals surface area contributed by atoms with Crippen molar-refractivity contribution in [2.75, 3.05) is 39.4 Å². The topological polar surface area (TPSA) is 85.1 Å². The molecule has 5 rings (SSSR count). The summed E-state index contributed by atoms with van der Waals surface area (Å²) in [6.45, 7) is 3.46. The Balaban J connectivity index is 1.22. The average Bonchev–Trinajstić information content (AvgIpc) is 3.28. The highest BCUT2D eigenvalue weighted by Crippen LogP contribution is 2.33. The molecule has 0 unspecified atom stereocenters. The van der Waals surface area contributed by atoms with Crippen LogP contribution in [-0.4, -0.2) is 62.0 Å². The van der Waals surface area contributed by atoms with Crippen LogP contribution < -0.4 is 9.47 Å². The third-order valence-corrected chi connectivity index (χ3v) is 7.35. The van der Waals surface area contributed by atoms with Gasteiger partial charge in [-0.2, -0.15) is 4.31 Å². The van der Waals surface area contributed by atoms with Crippen LogP contribution in [0.25, 0.3) is 11.3 Å². The number of piperazine rings is 1. The maximum absolute atomic E-state index is 13.1. The molecule has 2 aliphatic heterocycles. The fourth-order valence-corrected chi connectivity index (χ4v) is 5.21. The van der Waals surface area contributed by atoms with Crippen molar-refractivity contribution in [2.45, 2.75) is 11.4 Å². The molecule has 0 N–H and O–H groups in total. The third kappa shape index (κ3) is 4.16. The molecule has 2 aliphatic rings. The Morgan fingerprint density at radius 3 is 2.42 bits per heavy atom. The van der Waals surface area contributed by atoms with Crippen LogP contribution >= 0.6 is 0 Å². The Morgan fingerprint density at radius 2 is 1.65 bits per heavy atom. The van der Waals surface area contributed by atoms with E-state index in [2.05, 4.69) is 9.88 Å². The number of ether oxygens (including phenoxy) is 2. The lowest BCUT2D eigenvalue weighted by atomic mass is 10.2. The number of rotatable bonds is 5. The first kappa shape index (κ1) is 20.0. The lowest BCUT2D eigenvalue weighted by Crippen LogP contribution is -2.48. The molecular weight excluding hydrogens is 418 g/mol. The van der Waals surface area contributed by atoms with E-state index in [0.717, 1.165) is 11.3 Å². The Hall–Kier alpha value is -2.88. The van der Waals surface area contributed by atoms with E-state index < -0.39 is 10.0 Å². The molecular formula is C22H23N3O5S. The van der Waals surface area contributed by atoms with Crippen molar-refractivity contribution >= 4 is 10.0 Å². The smallest absolute Gasteiger partial charge is 0.243 e. The molecule has 31 heavy (non-hydrogen) atoms. The summed E-state index contributed by atoms with van der Waals surface area (Å²) in [5.74, 6) is 2.41. The fourth-order valence-electron chi connectivity index (χ4n) is 3.77. The molecule has 8 nitrogen and oxygen atoms in total. The van der Waals surface area contributed by atoms with E-state index in [1.54, 1.807) is 24.4 Å². The minimum absolute atomic E-state index is 0.227. The van der Waals surface area contributed by atoms with Crippen molar-refractivity contribution in [1.29, 1.82) is 0 Å². The van der Waals surface area contributed by atoms with Crippen molar-refractivity contribution in [3.8, 4) is 22.8 Å². The van der Waals surface area contributed by atoms with Gasteiger partial charge in [-0.3, -0.25) is 4.90 Å². The summed E-state index contributed by atoms with van der Waals surface area (Å²) in [5.41, 5.74) is 0.983. The van der Waals surface area contributed by atoms with Gasteiger partial charge in [0.2, 0.25) is 15.9 Å². The Morgan fingerprint density at radius 1 is 0.903 bits per heavy atom. The molecule has 0 amide bonds. The number of sulfonamides is 1. The first-order valence-corrected chi connectivity index (χ1v) is 11.7. The first-order chi connectivity index (χ1) is 15.1. The van der Waals surface area contributed by atoms with Crippen LogP contribution in [0.4, 0.5) is 0 Å². The summed E-state index contributed by atoms with van der Waals surface area (Å²) < 4.78 is 44.6. The molecule has 0 spiro atoms. The van der Waals surface area contributed by atoms with Gasteiger partial charge in [-0.15, -0.1) is 0 Å². The first-order valence-electron chi connectivity index (χ1n) is 10.2. The molecule has 1 aromatic heterocycles. The van der Waals surface area contributed by atoms with Gasteiger partial charge in [0, 0.05) is 37.8 Å². The van der Waals surface area contributed by atoms with Gasteiger partial charge < -0.3 is 13.9 Å². The van der Waals surface area contributed by atoms with Crippen molar-refractivity contribution in [3.05, 3.63) is 60.6 Å². The lowest BCUT2D eigenvalue weighted by Gasteiger charge is -2.33. The highest BCUT2D eigenvalue weighted by atomic mass is 32.2. The van der Waals surface area contributed by atoms with Gasteiger partial charge in [0.05, 0.1) is 17.6 Å². The fraction of sp³-hybridized carbons (Fsp3) is 0.318. The number of fused-ring (bicyclic) bond motifs is 1. The Bertz CT molecular complexity index is 1150. The van der Waals surface area contributed by atoms with Crippen LogP contribution in [-0.2, 0) is 16.6 Å². The maximum Gasteiger partial charge on any atom is 0.243 e. The Kier molecular flexibility index (Phi) is 5.39. The minimum Gasteiger partial charge on any atom is -0.486 e. The van der Waals surface area contributed by atoms with Crippen molar-refractivity contribution in [2.24, 2.45) is 0 Å². The molecule has 0 bridgehead atoms. The largest absolute Gasteiger partial charge is 0.486 e. The number of hydrogen-bond acceptors (Lipinski definition) is 7. The Labute approximate surface area is 181 Å². The molecule has 2 aromatic carbocycles. The summed E-state index contributed by atoms with van der Waals surface area (Å²) in [7, 11) is -3.59. The van der Waals surface area contributed by atoms with Gasteiger partial charge in [0.25, 0.3) is 0 Å². The van der Waals surface area contributed by atoms with Crippen LogP contribution in [0, 0.1) is 0 Å². The van der Waals surface area contributed by atoms with Gasteiger partial charge in [-0.1, -0.05) is 30.3 Å². The van der Waals surface area contributed by atoms with Crippen LogP contribution in [0.1, 0.15) is 5.89 Å². The second-order valence-electron chi connectivity index (χ2n) is 7.47. The highest BCUT2D eigenvalue weighted by molar-refractivity contribution is 7.89. The number of nitrogens with zero attached hydrogens (tertiary/aromatic N) is 3. The van der Waals surface area contributed by atoms with Crippen LogP contribution in [0.15, 0.2) is 64.0 Å². The highest BCUT2D eigenvalue weighted by Gasteiger charge is 2.30. The van der Waals surface area contributed by atoms with Gasteiger partial charge in [0.15, 0.2) is 17.3 Å². The van der Waals surface area contributed by atoms with Crippen molar-refractivity contribution in [3.63, 3.8) is 0 Å². The van der Waals surface area contributed by atoms with Gasteiger partial charge in [-0.05, 0) is 12.1 Å². The van der Waals surface area contributed by atoms with Gasteiger partial charge >= 0.3 is 0 Å². The molecule has 1 fully saturated rings. The summed E-state index contributed by atoms with van der Waals surface area (Å²) in [6.07, 6.45) is 1.73. The molecule has 9 heteroatoms.